The lowest BCUT2D eigenvalue weighted by atomic mass is 10.1. The Hall–Kier alpha value is -1.92. The molecule has 2 aliphatic rings. The normalized spacial score (nSPS) is 22.4. The van der Waals surface area contributed by atoms with Crippen LogP contribution in [0.4, 0.5) is 0 Å². The molecule has 6 heteroatoms. The molecule has 2 aromatic heterocycles. The fourth-order valence-corrected chi connectivity index (χ4v) is 3.70. The Bertz CT molecular complexity index is 682. The summed E-state index contributed by atoms with van der Waals surface area (Å²) in [5, 5.41) is 4.76. The number of ether oxygens (including phenoxy) is 2. The smallest absolute Gasteiger partial charge is 0.122 e. The molecule has 0 amide bonds. The Balaban J connectivity index is 1.34. The van der Waals surface area contributed by atoms with E-state index in [1.807, 2.05) is 12.1 Å². The monoisotopic (exact) mass is 342 g/mol. The second-order valence-corrected chi connectivity index (χ2v) is 7.01. The van der Waals surface area contributed by atoms with Crippen molar-refractivity contribution in [3.05, 3.63) is 42.0 Å². The van der Waals surface area contributed by atoms with E-state index < -0.39 is 0 Å². The lowest BCUT2D eigenvalue weighted by molar-refractivity contribution is 0.0661. The Kier molecular flexibility index (Phi) is 4.99. The molecule has 1 unspecified atom stereocenters. The first kappa shape index (κ1) is 16.5. The van der Waals surface area contributed by atoms with Gasteiger partial charge in [0, 0.05) is 57.0 Å². The summed E-state index contributed by atoms with van der Waals surface area (Å²) in [7, 11) is 0. The molecular formula is C19H26N4O2. The maximum absolute atomic E-state index is 6.06. The summed E-state index contributed by atoms with van der Waals surface area (Å²) >= 11 is 0. The molecule has 1 atom stereocenters. The molecule has 0 bridgehead atoms. The number of likely N-dealkylation sites (tertiary alicyclic amines) is 1. The lowest BCUT2D eigenvalue weighted by Crippen LogP contribution is -2.24. The van der Waals surface area contributed by atoms with Crippen molar-refractivity contribution in [2.45, 2.75) is 44.9 Å². The molecule has 2 saturated heterocycles. The molecular weight excluding hydrogens is 316 g/mol. The summed E-state index contributed by atoms with van der Waals surface area (Å²) in [5.74, 6) is 0.908. The molecule has 2 aromatic rings. The minimum absolute atomic E-state index is 0.258. The van der Waals surface area contributed by atoms with Crippen molar-refractivity contribution < 1.29 is 9.47 Å². The summed E-state index contributed by atoms with van der Waals surface area (Å²) in [4.78, 5) is 6.50. The third kappa shape index (κ3) is 4.02. The van der Waals surface area contributed by atoms with Crippen LogP contribution in [0.25, 0.3) is 0 Å². The van der Waals surface area contributed by atoms with Crippen LogP contribution >= 0.6 is 0 Å². The zero-order chi connectivity index (χ0) is 17.1. The third-order valence-electron chi connectivity index (χ3n) is 5.16. The van der Waals surface area contributed by atoms with Gasteiger partial charge in [-0.25, -0.2) is 0 Å². The number of aromatic nitrogens is 3. The van der Waals surface area contributed by atoms with Gasteiger partial charge >= 0.3 is 0 Å². The highest BCUT2D eigenvalue weighted by atomic mass is 16.5. The quantitative estimate of drug-likeness (QED) is 0.836. The lowest BCUT2D eigenvalue weighted by Gasteiger charge is -2.22. The van der Waals surface area contributed by atoms with Crippen molar-refractivity contribution in [3.63, 3.8) is 0 Å². The molecule has 0 radical (unpaired) electrons. The summed E-state index contributed by atoms with van der Waals surface area (Å²) in [6.45, 7) is 6.79. The second kappa shape index (κ2) is 7.54. The molecule has 4 rings (SSSR count). The summed E-state index contributed by atoms with van der Waals surface area (Å²) in [6.07, 6.45) is 9.23. The highest BCUT2D eigenvalue weighted by Gasteiger charge is 2.25. The fraction of sp³-hybridized carbons (Fsp3) is 0.579. The van der Waals surface area contributed by atoms with Gasteiger partial charge in [0.15, 0.2) is 0 Å². The standard InChI is InChI=1S/C19H26N4O2/c1-15-16(13-23(21-15)17-5-10-24-11-6-17)12-22-9-4-19(14-22)25-18-2-7-20-8-3-18/h2-3,7-8,13,17,19H,4-6,9-12,14H2,1H3. The van der Waals surface area contributed by atoms with Gasteiger partial charge in [0.1, 0.15) is 11.9 Å². The van der Waals surface area contributed by atoms with Crippen LogP contribution < -0.4 is 4.74 Å². The summed E-state index contributed by atoms with van der Waals surface area (Å²) in [6, 6.07) is 4.33. The van der Waals surface area contributed by atoms with E-state index in [9.17, 15) is 0 Å². The van der Waals surface area contributed by atoms with E-state index in [1.165, 1.54) is 5.56 Å². The minimum Gasteiger partial charge on any atom is -0.489 e. The number of rotatable bonds is 5. The van der Waals surface area contributed by atoms with E-state index in [1.54, 1.807) is 12.4 Å². The van der Waals surface area contributed by atoms with Crippen molar-refractivity contribution in [1.29, 1.82) is 0 Å². The van der Waals surface area contributed by atoms with E-state index in [-0.39, 0.29) is 6.10 Å². The Labute approximate surface area is 148 Å². The largest absolute Gasteiger partial charge is 0.489 e. The van der Waals surface area contributed by atoms with Crippen LogP contribution in [0.1, 0.15) is 36.6 Å². The Morgan fingerprint density at radius 2 is 2.00 bits per heavy atom. The van der Waals surface area contributed by atoms with Gasteiger partial charge < -0.3 is 9.47 Å². The van der Waals surface area contributed by atoms with Gasteiger partial charge in [-0.2, -0.15) is 5.10 Å². The van der Waals surface area contributed by atoms with Crippen molar-refractivity contribution in [1.82, 2.24) is 19.7 Å². The van der Waals surface area contributed by atoms with Gasteiger partial charge in [0.05, 0.1) is 11.7 Å². The predicted molar refractivity (Wildman–Crippen MR) is 94.6 cm³/mol. The molecule has 6 nitrogen and oxygen atoms in total. The zero-order valence-corrected chi connectivity index (χ0v) is 14.8. The van der Waals surface area contributed by atoms with Gasteiger partial charge in [-0.05, 0) is 38.3 Å². The molecule has 2 fully saturated rings. The maximum Gasteiger partial charge on any atom is 0.122 e. The van der Waals surface area contributed by atoms with Crippen LogP contribution in [0.3, 0.4) is 0 Å². The topological polar surface area (TPSA) is 52.4 Å². The second-order valence-electron chi connectivity index (χ2n) is 7.01. The first-order chi connectivity index (χ1) is 12.3. The third-order valence-corrected chi connectivity index (χ3v) is 5.16. The predicted octanol–water partition coefficient (Wildman–Crippen LogP) is 2.59. The fourth-order valence-electron chi connectivity index (χ4n) is 3.70. The van der Waals surface area contributed by atoms with Crippen molar-refractivity contribution in [2.75, 3.05) is 26.3 Å². The van der Waals surface area contributed by atoms with Crippen molar-refractivity contribution >= 4 is 0 Å². The van der Waals surface area contributed by atoms with E-state index in [0.29, 0.717) is 6.04 Å². The van der Waals surface area contributed by atoms with Crippen molar-refractivity contribution in [2.24, 2.45) is 0 Å². The van der Waals surface area contributed by atoms with Gasteiger partial charge in [0.2, 0.25) is 0 Å². The van der Waals surface area contributed by atoms with Crippen molar-refractivity contribution in [3.8, 4) is 5.75 Å². The summed E-state index contributed by atoms with van der Waals surface area (Å²) < 4.78 is 13.7. The van der Waals surface area contributed by atoms with Crippen LogP contribution in [-0.4, -0.2) is 52.1 Å². The average molecular weight is 342 g/mol. The number of hydrogen-bond donors (Lipinski definition) is 0. The van der Waals surface area contributed by atoms with Gasteiger partial charge in [0.25, 0.3) is 0 Å². The van der Waals surface area contributed by atoms with E-state index in [0.717, 1.165) is 63.6 Å². The highest BCUT2D eigenvalue weighted by molar-refractivity contribution is 5.18. The molecule has 0 aliphatic carbocycles. The first-order valence-corrected chi connectivity index (χ1v) is 9.19. The van der Waals surface area contributed by atoms with Gasteiger partial charge in [-0.15, -0.1) is 0 Å². The van der Waals surface area contributed by atoms with Crippen LogP contribution in [0.15, 0.2) is 30.7 Å². The SMILES string of the molecule is Cc1nn(C2CCOCC2)cc1CN1CCC(Oc2ccncc2)C1. The van der Waals surface area contributed by atoms with Crippen LogP contribution in [-0.2, 0) is 11.3 Å². The van der Waals surface area contributed by atoms with Crippen LogP contribution in [0.5, 0.6) is 5.75 Å². The Morgan fingerprint density at radius 3 is 2.80 bits per heavy atom. The number of nitrogens with zero attached hydrogens (tertiary/aromatic N) is 4. The first-order valence-electron chi connectivity index (χ1n) is 9.19. The van der Waals surface area contributed by atoms with Crippen LogP contribution in [0, 0.1) is 6.92 Å². The molecule has 2 aliphatic heterocycles. The molecule has 0 saturated carbocycles. The van der Waals surface area contributed by atoms with E-state index >= 15 is 0 Å². The minimum atomic E-state index is 0.258. The molecule has 25 heavy (non-hydrogen) atoms. The van der Waals surface area contributed by atoms with E-state index in [4.69, 9.17) is 14.6 Å². The molecule has 0 N–H and O–H groups in total. The number of aryl methyl sites for hydroxylation is 1. The van der Waals surface area contributed by atoms with Gasteiger partial charge in [-0.3, -0.25) is 14.6 Å². The molecule has 4 heterocycles. The average Bonchev–Trinajstić information content (AvgIpc) is 3.24. The molecule has 0 aromatic carbocycles. The molecule has 134 valence electrons. The number of pyridine rings is 1. The van der Waals surface area contributed by atoms with Crippen LogP contribution in [0.2, 0.25) is 0 Å². The number of hydrogen-bond acceptors (Lipinski definition) is 5. The maximum atomic E-state index is 6.06. The zero-order valence-electron chi connectivity index (χ0n) is 14.8. The highest BCUT2D eigenvalue weighted by Crippen LogP contribution is 2.24. The molecule has 0 spiro atoms. The Morgan fingerprint density at radius 1 is 1.20 bits per heavy atom. The van der Waals surface area contributed by atoms with Gasteiger partial charge in [-0.1, -0.05) is 0 Å². The summed E-state index contributed by atoms with van der Waals surface area (Å²) in [5.41, 5.74) is 2.47. The van der Waals surface area contributed by atoms with E-state index in [2.05, 4.69) is 27.7 Å².